The van der Waals surface area contributed by atoms with E-state index in [1.807, 2.05) is 102 Å². The Bertz CT molecular complexity index is 3110. The molecular formula is C58H67N13O6. The maximum absolute atomic E-state index is 14.9. The number of aromatic amines is 1. The molecule has 0 aliphatic rings. The standard InChI is InChI=1S/C58H67N13O6/c1-37-23-25-40(26-24-37)30-50(56(76)68-48(28-38-14-5-2-6-15-38)54(74)66-47(52(60)72)32-43-35-71(36-65-43)34-41-18-9-4-10-19-41)69-55(75)49(29-39-16-7-3-8-17-39)70-57(77)51(31-42-33-64-46-22-12-11-20-44(42)46)67-53(73)45(59)21-13-27-63-58(61)62/h2-12,14-20,22-26,33,35-36,45,47-51,64H,13,21,27-32,34,59H2,1H3,(H2,60,72)(H,66,74)(H,67,73)(H,68,76)(H,69,75)(H,70,77)(H4,61,62,63)/t45-,47-,48+,49+,50-,51+/m0/s1. The van der Waals surface area contributed by atoms with Crippen molar-refractivity contribution in [2.24, 2.45) is 27.9 Å². The van der Waals surface area contributed by atoms with Crippen LogP contribution in [-0.4, -0.2) is 98.7 Å². The number of fused-ring (bicyclic) bond motifs is 1. The number of nitrogens with one attached hydrogen (secondary N) is 6. The second-order valence-corrected chi connectivity index (χ2v) is 19.1. The van der Waals surface area contributed by atoms with Gasteiger partial charge in [0.15, 0.2) is 5.96 Å². The molecule has 0 aliphatic carbocycles. The van der Waals surface area contributed by atoms with Crippen molar-refractivity contribution in [2.75, 3.05) is 6.54 Å². The van der Waals surface area contributed by atoms with Crippen LogP contribution in [-0.2, 0) is 67.4 Å². The van der Waals surface area contributed by atoms with E-state index in [-0.39, 0.29) is 51.0 Å². The van der Waals surface area contributed by atoms with Gasteiger partial charge in [-0.1, -0.05) is 139 Å². The third-order valence-electron chi connectivity index (χ3n) is 13.0. The van der Waals surface area contributed by atoms with Crippen LogP contribution in [0, 0.1) is 6.92 Å². The molecule has 400 valence electrons. The Kier molecular flexibility index (Phi) is 19.8. The first-order valence-corrected chi connectivity index (χ1v) is 25.5. The number of amides is 6. The second-order valence-electron chi connectivity index (χ2n) is 19.1. The molecular weight excluding hydrogens is 975 g/mol. The number of para-hydroxylation sites is 1. The lowest BCUT2D eigenvalue weighted by atomic mass is 9.99. The normalized spacial score (nSPS) is 13.4. The van der Waals surface area contributed by atoms with E-state index in [0.29, 0.717) is 35.3 Å². The Hall–Kier alpha value is -9.10. The van der Waals surface area contributed by atoms with Crippen LogP contribution in [0.4, 0.5) is 0 Å². The van der Waals surface area contributed by atoms with Gasteiger partial charge >= 0.3 is 0 Å². The molecule has 7 rings (SSSR count). The van der Waals surface area contributed by atoms with Gasteiger partial charge in [0, 0.05) is 68.5 Å². The number of H-pyrrole nitrogens is 1. The molecule has 0 aliphatic heterocycles. The van der Waals surface area contributed by atoms with Crippen LogP contribution < -0.4 is 49.5 Å². The summed E-state index contributed by atoms with van der Waals surface area (Å²) >= 11 is 0. The monoisotopic (exact) mass is 1040 g/mol. The van der Waals surface area contributed by atoms with E-state index in [0.717, 1.165) is 27.6 Å². The van der Waals surface area contributed by atoms with Crippen molar-refractivity contribution in [2.45, 2.75) is 94.7 Å². The topological polar surface area (TPSA) is 313 Å². The molecule has 19 heteroatoms. The first-order chi connectivity index (χ1) is 37.2. The smallest absolute Gasteiger partial charge is 0.243 e. The highest BCUT2D eigenvalue weighted by molar-refractivity contribution is 5.97. The minimum Gasteiger partial charge on any atom is -0.370 e. The quantitative estimate of drug-likeness (QED) is 0.0204. The second kappa shape index (κ2) is 27.4. The summed E-state index contributed by atoms with van der Waals surface area (Å²) in [4.78, 5) is 97.2. The van der Waals surface area contributed by atoms with E-state index in [9.17, 15) is 28.8 Å². The summed E-state index contributed by atoms with van der Waals surface area (Å²) in [6, 6.07) is 35.5. The van der Waals surface area contributed by atoms with Gasteiger partial charge in [0.1, 0.15) is 30.2 Å². The molecule has 2 heterocycles. The van der Waals surface area contributed by atoms with Gasteiger partial charge < -0.3 is 59.1 Å². The van der Waals surface area contributed by atoms with Gasteiger partial charge in [0.25, 0.3) is 0 Å². The van der Waals surface area contributed by atoms with E-state index in [4.69, 9.17) is 22.9 Å². The van der Waals surface area contributed by atoms with Crippen molar-refractivity contribution in [3.8, 4) is 0 Å². The molecule has 0 saturated heterocycles. The third kappa shape index (κ3) is 17.0. The highest BCUT2D eigenvalue weighted by atomic mass is 16.2. The number of nitrogens with two attached hydrogens (primary N) is 4. The highest BCUT2D eigenvalue weighted by Gasteiger charge is 2.34. The number of aliphatic imine (C=N–C) groups is 1. The average Bonchev–Trinajstić information content (AvgIpc) is 4.06. The summed E-state index contributed by atoms with van der Waals surface area (Å²) in [6.07, 6.45) is 5.79. The number of benzene rings is 5. The molecule has 0 bridgehead atoms. The van der Waals surface area contributed by atoms with Gasteiger partial charge in [0.2, 0.25) is 35.4 Å². The van der Waals surface area contributed by atoms with Crippen molar-refractivity contribution in [3.05, 3.63) is 197 Å². The van der Waals surface area contributed by atoms with E-state index >= 15 is 0 Å². The predicted molar refractivity (Wildman–Crippen MR) is 295 cm³/mol. The highest BCUT2D eigenvalue weighted by Crippen LogP contribution is 2.20. The van der Waals surface area contributed by atoms with E-state index in [1.54, 1.807) is 67.3 Å². The molecule has 0 unspecified atom stereocenters. The van der Waals surface area contributed by atoms with Crippen LogP contribution in [0.2, 0.25) is 0 Å². The molecule has 0 saturated carbocycles. The van der Waals surface area contributed by atoms with Gasteiger partial charge in [-0.3, -0.25) is 33.8 Å². The Morgan fingerprint density at radius 1 is 0.558 bits per heavy atom. The molecule has 77 heavy (non-hydrogen) atoms. The van der Waals surface area contributed by atoms with Gasteiger partial charge in [-0.25, -0.2) is 4.98 Å². The molecule has 0 spiro atoms. The van der Waals surface area contributed by atoms with E-state index < -0.39 is 71.7 Å². The first-order valence-electron chi connectivity index (χ1n) is 25.5. The zero-order valence-electron chi connectivity index (χ0n) is 42.9. The Morgan fingerprint density at radius 3 is 1.56 bits per heavy atom. The Morgan fingerprint density at radius 2 is 1.03 bits per heavy atom. The molecule has 6 atom stereocenters. The molecule has 2 aromatic heterocycles. The van der Waals surface area contributed by atoms with Gasteiger partial charge in [-0.2, -0.15) is 0 Å². The average molecular weight is 1040 g/mol. The number of imidazole rings is 1. The van der Waals surface area contributed by atoms with E-state index in [2.05, 4.69) is 41.5 Å². The van der Waals surface area contributed by atoms with Crippen molar-refractivity contribution >= 4 is 52.3 Å². The molecule has 0 radical (unpaired) electrons. The zero-order valence-corrected chi connectivity index (χ0v) is 42.9. The van der Waals surface area contributed by atoms with Gasteiger partial charge in [-0.15, -0.1) is 0 Å². The first kappa shape index (κ1) is 55.6. The lowest BCUT2D eigenvalue weighted by molar-refractivity contribution is -0.135. The summed E-state index contributed by atoms with van der Waals surface area (Å²) in [6.45, 7) is 2.71. The number of aromatic nitrogens is 3. The van der Waals surface area contributed by atoms with Crippen molar-refractivity contribution in [1.82, 2.24) is 41.1 Å². The van der Waals surface area contributed by atoms with Gasteiger partial charge in [-0.05, 0) is 53.6 Å². The maximum atomic E-state index is 14.9. The minimum absolute atomic E-state index is 0.00657. The number of carbonyl (C=O) groups is 6. The van der Waals surface area contributed by atoms with Crippen molar-refractivity contribution in [3.63, 3.8) is 0 Å². The number of guanidine groups is 1. The number of rotatable bonds is 27. The number of hydrogen-bond acceptors (Lipinski definition) is 9. The summed E-state index contributed by atoms with van der Waals surface area (Å²) in [5, 5.41) is 15.1. The number of aryl methyl sites for hydroxylation is 1. The third-order valence-corrected chi connectivity index (χ3v) is 13.0. The lowest BCUT2D eigenvalue weighted by Gasteiger charge is -2.27. The zero-order chi connectivity index (χ0) is 54.7. The largest absolute Gasteiger partial charge is 0.370 e. The van der Waals surface area contributed by atoms with Crippen LogP contribution in [0.25, 0.3) is 10.9 Å². The maximum Gasteiger partial charge on any atom is 0.243 e. The fourth-order valence-corrected chi connectivity index (χ4v) is 8.86. The summed E-state index contributed by atoms with van der Waals surface area (Å²) in [7, 11) is 0. The van der Waals surface area contributed by atoms with Crippen LogP contribution in [0.15, 0.2) is 163 Å². The van der Waals surface area contributed by atoms with Crippen LogP contribution in [0.5, 0.6) is 0 Å². The van der Waals surface area contributed by atoms with Crippen molar-refractivity contribution in [1.29, 1.82) is 0 Å². The fourth-order valence-electron chi connectivity index (χ4n) is 8.86. The lowest BCUT2D eigenvalue weighted by Crippen LogP contribution is -2.60. The van der Waals surface area contributed by atoms with Crippen molar-refractivity contribution < 1.29 is 28.8 Å². The molecule has 14 N–H and O–H groups in total. The Labute approximate surface area is 447 Å². The molecule has 19 nitrogen and oxygen atoms in total. The van der Waals surface area contributed by atoms with Gasteiger partial charge in [0.05, 0.1) is 18.1 Å². The SMILES string of the molecule is Cc1ccc(C[C@H](NC(=O)[C@@H](Cc2ccccc2)NC(=O)[C@@H](Cc2c[nH]c3ccccc23)NC(=O)[C@@H](N)CCCN=C(N)N)C(=O)N[C@H](Cc2ccccc2)C(=O)N[C@@H](Cc2cn(Cc3ccccc3)cn2)C(N)=O)cc1. The molecule has 7 aromatic rings. The fraction of sp³-hybridized carbons (Fsp3) is 0.276. The van der Waals surface area contributed by atoms with Crippen LogP contribution in [0.3, 0.4) is 0 Å². The number of primary amides is 1. The molecule has 0 fully saturated rings. The van der Waals surface area contributed by atoms with Crippen LogP contribution in [0.1, 0.15) is 51.9 Å². The Balaban J connectivity index is 1.14. The minimum atomic E-state index is -1.30. The van der Waals surface area contributed by atoms with Crippen LogP contribution >= 0.6 is 0 Å². The van der Waals surface area contributed by atoms with E-state index in [1.165, 1.54) is 0 Å². The summed E-state index contributed by atoms with van der Waals surface area (Å²) in [5.74, 6) is -4.29. The molecule has 6 amide bonds. The number of carbonyl (C=O) groups excluding carboxylic acids is 6. The summed E-state index contributed by atoms with van der Waals surface area (Å²) in [5.41, 5.74) is 29.3. The summed E-state index contributed by atoms with van der Waals surface area (Å²) < 4.78 is 1.86. The predicted octanol–water partition coefficient (Wildman–Crippen LogP) is 2.52. The molecule has 5 aromatic carbocycles. The number of hydrogen-bond donors (Lipinski definition) is 10. The number of nitrogens with zero attached hydrogens (tertiary/aromatic N) is 3.